The molecule has 0 amide bonds. The third-order valence-electron chi connectivity index (χ3n) is 4.20. The Hall–Kier alpha value is -3.41. The Morgan fingerprint density at radius 1 is 1.15 bits per heavy atom. The van der Waals surface area contributed by atoms with Crippen molar-refractivity contribution in [3.05, 3.63) is 88.0 Å². The predicted octanol–water partition coefficient (Wildman–Crippen LogP) is 3.32. The lowest BCUT2D eigenvalue weighted by atomic mass is 10.1. The molecular formula is C20H17N3O3. The molecule has 0 spiro atoms. The summed E-state index contributed by atoms with van der Waals surface area (Å²) < 4.78 is 12.9. The van der Waals surface area contributed by atoms with E-state index in [1.807, 2.05) is 18.3 Å². The molecule has 6 heteroatoms. The van der Waals surface area contributed by atoms with Crippen LogP contribution in [0.2, 0.25) is 0 Å². The lowest BCUT2D eigenvalue weighted by molar-refractivity contribution is 0.301. The van der Waals surface area contributed by atoms with E-state index < -0.39 is 0 Å². The van der Waals surface area contributed by atoms with E-state index in [0.29, 0.717) is 23.3 Å². The summed E-state index contributed by atoms with van der Waals surface area (Å²) in [5, 5.41) is 8.83. The molecule has 0 fully saturated rings. The Morgan fingerprint density at radius 3 is 2.92 bits per heavy atom. The zero-order valence-corrected chi connectivity index (χ0v) is 14.3. The van der Waals surface area contributed by atoms with Gasteiger partial charge in [0.25, 0.3) is 0 Å². The summed E-state index contributed by atoms with van der Waals surface area (Å²) in [6.45, 7) is 3.03. The number of ether oxygens (including phenoxy) is 1. The van der Waals surface area contributed by atoms with Crippen LogP contribution in [0.5, 0.6) is 5.75 Å². The number of rotatable bonds is 5. The Kier molecular flexibility index (Phi) is 4.23. The molecule has 0 bridgehead atoms. The van der Waals surface area contributed by atoms with Gasteiger partial charge in [0.2, 0.25) is 0 Å². The molecule has 130 valence electrons. The lowest BCUT2D eigenvalue weighted by Crippen LogP contribution is -2.02. The fourth-order valence-corrected chi connectivity index (χ4v) is 2.75. The minimum Gasteiger partial charge on any atom is -0.487 e. The Balaban J connectivity index is 1.45. The molecule has 0 N–H and O–H groups in total. The number of aromatic nitrogens is 3. The van der Waals surface area contributed by atoms with Crippen molar-refractivity contribution in [3.8, 4) is 5.75 Å². The normalized spacial score (nSPS) is 11.0. The SMILES string of the molecule is Cc1ccccc1Cn1cc(COc2ccc3c(=O)ccoc3c2)nn1. The van der Waals surface area contributed by atoms with Crippen molar-refractivity contribution in [2.45, 2.75) is 20.1 Å². The number of nitrogens with zero attached hydrogens (tertiary/aromatic N) is 3. The van der Waals surface area contributed by atoms with Crippen molar-refractivity contribution in [3.63, 3.8) is 0 Å². The van der Waals surface area contributed by atoms with E-state index in [1.54, 1.807) is 22.9 Å². The van der Waals surface area contributed by atoms with Gasteiger partial charge in [0, 0.05) is 12.1 Å². The van der Waals surface area contributed by atoms with Crippen LogP contribution >= 0.6 is 0 Å². The van der Waals surface area contributed by atoms with Crippen molar-refractivity contribution in [1.82, 2.24) is 15.0 Å². The Morgan fingerprint density at radius 2 is 2.04 bits per heavy atom. The van der Waals surface area contributed by atoms with Crippen LogP contribution in [-0.4, -0.2) is 15.0 Å². The first-order chi connectivity index (χ1) is 12.7. The highest BCUT2D eigenvalue weighted by atomic mass is 16.5. The van der Waals surface area contributed by atoms with Crippen LogP contribution in [0.1, 0.15) is 16.8 Å². The van der Waals surface area contributed by atoms with Crippen molar-refractivity contribution in [2.75, 3.05) is 0 Å². The van der Waals surface area contributed by atoms with Gasteiger partial charge in [-0.2, -0.15) is 0 Å². The molecule has 0 aliphatic heterocycles. The van der Waals surface area contributed by atoms with E-state index in [4.69, 9.17) is 9.15 Å². The van der Waals surface area contributed by atoms with Crippen LogP contribution < -0.4 is 10.2 Å². The van der Waals surface area contributed by atoms with Crippen molar-refractivity contribution >= 4 is 11.0 Å². The maximum Gasteiger partial charge on any atom is 0.192 e. The molecule has 0 saturated carbocycles. The smallest absolute Gasteiger partial charge is 0.192 e. The number of benzene rings is 2. The quantitative estimate of drug-likeness (QED) is 0.554. The monoisotopic (exact) mass is 347 g/mol. The van der Waals surface area contributed by atoms with Gasteiger partial charge in [-0.25, -0.2) is 4.68 Å². The second-order valence-corrected chi connectivity index (χ2v) is 6.07. The molecule has 26 heavy (non-hydrogen) atoms. The van der Waals surface area contributed by atoms with Gasteiger partial charge >= 0.3 is 0 Å². The molecule has 0 atom stereocenters. The molecule has 0 aliphatic rings. The molecule has 6 nitrogen and oxygen atoms in total. The minimum absolute atomic E-state index is 0.0723. The zero-order valence-electron chi connectivity index (χ0n) is 14.3. The van der Waals surface area contributed by atoms with Gasteiger partial charge in [0.1, 0.15) is 23.6 Å². The van der Waals surface area contributed by atoms with E-state index in [1.165, 1.54) is 23.5 Å². The molecular weight excluding hydrogens is 330 g/mol. The standard InChI is InChI=1S/C20H17N3O3/c1-14-4-2-3-5-15(14)11-23-12-16(21-22-23)13-26-17-6-7-18-19(24)8-9-25-20(18)10-17/h2-10,12H,11,13H2,1H3. The summed E-state index contributed by atoms with van der Waals surface area (Å²) >= 11 is 0. The van der Waals surface area contributed by atoms with Gasteiger partial charge in [-0.1, -0.05) is 29.5 Å². The van der Waals surface area contributed by atoms with Crippen LogP contribution in [0.4, 0.5) is 0 Å². The second-order valence-electron chi connectivity index (χ2n) is 6.07. The fraction of sp³-hybridized carbons (Fsp3) is 0.150. The van der Waals surface area contributed by atoms with Gasteiger partial charge in [0.15, 0.2) is 5.43 Å². The molecule has 0 aliphatic carbocycles. The average molecular weight is 347 g/mol. The summed E-state index contributed by atoms with van der Waals surface area (Å²) in [7, 11) is 0. The highest BCUT2D eigenvalue weighted by Gasteiger charge is 2.06. The third-order valence-corrected chi connectivity index (χ3v) is 4.20. The number of hydrogen-bond acceptors (Lipinski definition) is 5. The van der Waals surface area contributed by atoms with Gasteiger partial charge in [0.05, 0.1) is 24.4 Å². The number of hydrogen-bond donors (Lipinski definition) is 0. The minimum atomic E-state index is -0.0723. The number of aryl methyl sites for hydroxylation is 1. The van der Waals surface area contributed by atoms with Crippen LogP contribution in [0.3, 0.4) is 0 Å². The highest BCUT2D eigenvalue weighted by Crippen LogP contribution is 2.19. The summed E-state index contributed by atoms with van der Waals surface area (Å²) in [5.41, 5.74) is 3.58. The summed E-state index contributed by atoms with van der Waals surface area (Å²) in [4.78, 5) is 11.7. The third kappa shape index (κ3) is 3.35. The largest absolute Gasteiger partial charge is 0.487 e. The Bertz CT molecular complexity index is 1110. The molecule has 2 aromatic carbocycles. The van der Waals surface area contributed by atoms with Gasteiger partial charge in [-0.3, -0.25) is 4.79 Å². The molecule has 0 unspecified atom stereocenters. The molecule has 2 heterocycles. The van der Waals surface area contributed by atoms with E-state index in [9.17, 15) is 4.79 Å². The van der Waals surface area contributed by atoms with Crippen LogP contribution in [0.25, 0.3) is 11.0 Å². The fourth-order valence-electron chi connectivity index (χ4n) is 2.75. The van der Waals surface area contributed by atoms with Crippen LogP contribution in [0.15, 0.2) is 70.2 Å². The Labute approximate surface area is 149 Å². The predicted molar refractivity (Wildman–Crippen MR) is 97.1 cm³/mol. The first kappa shape index (κ1) is 16.1. The lowest BCUT2D eigenvalue weighted by Gasteiger charge is -2.05. The van der Waals surface area contributed by atoms with Gasteiger partial charge in [-0.05, 0) is 30.2 Å². The molecule has 2 aromatic heterocycles. The maximum absolute atomic E-state index is 11.7. The topological polar surface area (TPSA) is 70.2 Å². The first-order valence-corrected chi connectivity index (χ1v) is 8.27. The van der Waals surface area contributed by atoms with Crippen LogP contribution in [-0.2, 0) is 13.2 Å². The molecule has 0 radical (unpaired) electrons. The zero-order chi connectivity index (χ0) is 17.9. The van der Waals surface area contributed by atoms with Gasteiger partial charge in [-0.15, -0.1) is 5.10 Å². The van der Waals surface area contributed by atoms with Crippen molar-refractivity contribution in [1.29, 1.82) is 0 Å². The van der Waals surface area contributed by atoms with Crippen molar-refractivity contribution < 1.29 is 9.15 Å². The van der Waals surface area contributed by atoms with E-state index in [2.05, 4.69) is 29.4 Å². The van der Waals surface area contributed by atoms with E-state index in [0.717, 1.165) is 5.69 Å². The van der Waals surface area contributed by atoms with Crippen molar-refractivity contribution in [2.24, 2.45) is 0 Å². The number of fused-ring (bicyclic) bond motifs is 1. The van der Waals surface area contributed by atoms with Crippen LogP contribution in [0, 0.1) is 6.92 Å². The summed E-state index contributed by atoms with van der Waals surface area (Å²) in [6, 6.07) is 14.7. The summed E-state index contributed by atoms with van der Waals surface area (Å²) in [6.07, 6.45) is 3.25. The average Bonchev–Trinajstić information content (AvgIpc) is 3.09. The second kappa shape index (κ2) is 6.84. The molecule has 4 rings (SSSR count). The summed E-state index contributed by atoms with van der Waals surface area (Å²) in [5.74, 6) is 0.611. The van der Waals surface area contributed by atoms with E-state index >= 15 is 0 Å². The van der Waals surface area contributed by atoms with Gasteiger partial charge < -0.3 is 9.15 Å². The highest BCUT2D eigenvalue weighted by molar-refractivity contribution is 5.77. The first-order valence-electron chi connectivity index (χ1n) is 8.27. The maximum atomic E-state index is 11.7. The van der Waals surface area contributed by atoms with E-state index in [-0.39, 0.29) is 12.0 Å². The molecule has 0 saturated heterocycles. The molecule has 4 aromatic rings.